The summed E-state index contributed by atoms with van der Waals surface area (Å²) in [5.74, 6) is -0.162. The number of nitrogens with zero attached hydrogens (tertiary/aromatic N) is 5. The van der Waals surface area contributed by atoms with Crippen LogP contribution in [0.5, 0.6) is 0 Å². The predicted molar refractivity (Wildman–Crippen MR) is 187 cm³/mol. The lowest BCUT2D eigenvalue weighted by molar-refractivity contribution is -0.746. The second-order valence-electron chi connectivity index (χ2n) is 12.0. The van der Waals surface area contributed by atoms with E-state index in [1.54, 1.807) is 7.05 Å². The van der Waals surface area contributed by atoms with E-state index >= 15 is 0 Å². The van der Waals surface area contributed by atoms with Crippen LogP contribution < -0.4 is 31.7 Å². The fourth-order valence-electron chi connectivity index (χ4n) is 5.77. The van der Waals surface area contributed by atoms with Crippen molar-refractivity contribution in [2.45, 2.75) is 56.5 Å². The van der Waals surface area contributed by atoms with E-state index in [2.05, 4.69) is 24.9 Å². The Morgan fingerprint density at radius 2 is 1.31 bits per heavy atom. The molecule has 29 heteroatoms. The number of imidazole rings is 2. The van der Waals surface area contributed by atoms with E-state index in [-0.39, 0.29) is 66.4 Å². The molecule has 2 aliphatic rings. The maximum Gasteiger partial charge on any atom is 0.472 e. The van der Waals surface area contributed by atoms with Gasteiger partial charge in [0.1, 0.15) is 36.6 Å². The van der Waals surface area contributed by atoms with Crippen LogP contribution in [0.2, 0.25) is 0 Å². The summed E-state index contributed by atoms with van der Waals surface area (Å²) in [7, 11) is -7.78. The smallest absolute Gasteiger partial charge is 0.387 e. The van der Waals surface area contributed by atoms with Gasteiger partial charge >= 0.3 is 26.9 Å². The second kappa shape index (κ2) is 17.0. The summed E-state index contributed by atoms with van der Waals surface area (Å²) in [5, 5.41) is 42.2. The molecular weight excluding hydrogens is 802 g/mol. The zero-order valence-corrected chi connectivity index (χ0v) is 30.6. The van der Waals surface area contributed by atoms with Crippen molar-refractivity contribution in [2.75, 3.05) is 49.4 Å². The first-order valence-corrected chi connectivity index (χ1v) is 20.0. The maximum atomic E-state index is 12.4. The third kappa shape index (κ3) is 9.27. The van der Waals surface area contributed by atoms with Crippen molar-refractivity contribution in [3.05, 3.63) is 33.4 Å². The standard InChI is InChI=1S/C25H36N10O16P2S.CH4/c1-33-9-35(19-13(33)21(41)32-25(27)30-19)23-17(39)15(37)11(51-23)7-49-53(44,45)47-3-5-54-4-2-46-52(42,43)48-6-10-14(36)16(38)22(50-10)34-8-28-12-18(34)29-24(26)31-20(12)40;/h8-11,14-17,22-23,36-39H,2-7H2,1H3,(H7-,26,27,29,30,31,32,40,41,42,43,44,45);1H4/p+2/t10-,11-,14-,15-,16-,17-,22-,23-;/m1./s1. The number of hydrogen-bond donors (Lipinski definition) is 11. The molecule has 0 spiro atoms. The van der Waals surface area contributed by atoms with Gasteiger partial charge in [0, 0.05) is 11.5 Å². The molecule has 0 saturated carbocycles. The molecule has 306 valence electrons. The predicted octanol–water partition coefficient (Wildman–Crippen LogP) is -3.86. The van der Waals surface area contributed by atoms with E-state index in [0.717, 1.165) is 11.8 Å². The Morgan fingerprint density at radius 3 is 1.85 bits per heavy atom. The third-order valence-electron chi connectivity index (χ3n) is 8.29. The number of hydrogen-bond acceptors (Lipinski definition) is 19. The lowest BCUT2D eigenvalue weighted by atomic mass is 10.1. The average Bonchev–Trinajstić information content (AvgIpc) is 3.82. The second-order valence-corrected chi connectivity index (χ2v) is 16.1. The van der Waals surface area contributed by atoms with Gasteiger partial charge in [-0.3, -0.25) is 47.2 Å². The fourth-order valence-corrected chi connectivity index (χ4v) is 8.09. The van der Waals surface area contributed by atoms with Gasteiger partial charge in [0.2, 0.25) is 23.5 Å². The molecular formula is C26H42N10O16P2S+2. The zero-order valence-electron chi connectivity index (χ0n) is 28.0. The topological polar surface area (TPSA) is 383 Å². The molecule has 0 radical (unpaired) electrons. The Hall–Kier alpha value is -3.37. The summed E-state index contributed by atoms with van der Waals surface area (Å²) in [6, 6.07) is 0. The molecule has 0 amide bonds. The normalized spacial score (nSPS) is 27.7. The molecule has 0 aliphatic carbocycles. The molecule has 2 fully saturated rings. The summed E-state index contributed by atoms with van der Waals surface area (Å²) in [6.07, 6.45) is -8.61. The molecule has 4 aromatic heterocycles. The highest BCUT2D eigenvalue weighted by Gasteiger charge is 2.49. The first kappa shape index (κ1) is 42.8. The lowest BCUT2D eigenvalue weighted by Gasteiger charge is -2.17. The number of aliphatic hydroxyl groups excluding tert-OH is 4. The number of fused-ring (bicyclic) bond motifs is 2. The van der Waals surface area contributed by atoms with Crippen LogP contribution in [0.25, 0.3) is 22.3 Å². The van der Waals surface area contributed by atoms with Gasteiger partial charge in [0.05, 0.1) is 33.5 Å². The number of ether oxygens (including phenoxy) is 2. The Kier molecular flexibility index (Phi) is 13.2. The number of nitrogens with one attached hydrogen (secondary N) is 3. The lowest BCUT2D eigenvalue weighted by Crippen LogP contribution is -2.46. The Bertz CT molecular complexity index is 2200. The van der Waals surface area contributed by atoms with Crippen LogP contribution in [0.4, 0.5) is 11.9 Å². The van der Waals surface area contributed by atoms with Crippen LogP contribution >= 0.6 is 27.4 Å². The number of nitrogen functional groups attached to an aromatic ring is 2. The summed E-state index contributed by atoms with van der Waals surface area (Å²) >= 11 is 1.12. The quantitative estimate of drug-likeness (QED) is 0.0292. The van der Waals surface area contributed by atoms with Crippen molar-refractivity contribution in [3.8, 4) is 0 Å². The number of anilines is 2. The number of aromatic amines is 3. The molecule has 10 atom stereocenters. The van der Waals surface area contributed by atoms with Gasteiger partial charge in [-0.15, -0.1) is 0 Å². The third-order valence-corrected chi connectivity index (χ3v) is 11.2. The minimum Gasteiger partial charge on any atom is -0.387 e. The number of nitrogens with two attached hydrogens (primary N) is 2. The van der Waals surface area contributed by atoms with Crippen molar-refractivity contribution >= 4 is 61.6 Å². The van der Waals surface area contributed by atoms with Gasteiger partial charge in [0.15, 0.2) is 12.7 Å². The maximum absolute atomic E-state index is 12.4. The average molecular weight is 845 g/mol. The van der Waals surface area contributed by atoms with Crippen LogP contribution in [0.15, 0.2) is 22.2 Å². The van der Waals surface area contributed by atoms with Crippen LogP contribution in [-0.2, 0) is 43.7 Å². The van der Waals surface area contributed by atoms with Gasteiger partial charge in [-0.1, -0.05) is 17.4 Å². The van der Waals surface area contributed by atoms with Crippen LogP contribution in [0, 0.1) is 0 Å². The number of aromatic nitrogens is 8. The van der Waals surface area contributed by atoms with E-state index in [9.17, 15) is 48.9 Å². The molecule has 55 heavy (non-hydrogen) atoms. The number of phosphoric acid groups is 2. The van der Waals surface area contributed by atoms with E-state index in [0.29, 0.717) is 0 Å². The monoisotopic (exact) mass is 844 g/mol. The molecule has 6 rings (SSSR count). The molecule has 0 bridgehead atoms. The SMILES string of the molecule is C.Cn1c[n+]([C@@H]2O[C@H](COP(=O)(O)OCCSCCOP(=O)(O)OC[C@H]3O[C@@H]([n+]4c[nH]c5c(=O)[nH]c(N)nc54)[C@H](O)[C@@H]3O)[C@@H](O)[C@H]2O)c2nc(N)[nH]c(=O)c21. The summed E-state index contributed by atoms with van der Waals surface area (Å²) in [5.41, 5.74) is 10.4. The molecule has 2 unspecified atom stereocenters. The van der Waals surface area contributed by atoms with Crippen LogP contribution in [0.3, 0.4) is 0 Å². The molecule has 4 aromatic rings. The Labute approximate surface area is 313 Å². The van der Waals surface area contributed by atoms with Crippen molar-refractivity contribution in [1.82, 2.24) is 29.5 Å². The number of aliphatic hydroxyl groups is 4. The largest absolute Gasteiger partial charge is 0.472 e. The Balaban J connectivity index is 0.00000580. The van der Waals surface area contributed by atoms with Gasteiger partial charge in [-0.2, -0.15) is 11.8 Å². The zero-order chi connectivity index (χ0) is 39.1. The van der Waals surface area contributed by atoms with Gasteiger partial charge in [-0.25, -0.2) is 18.3 Å². The molecule has 13 N–H and O–H groups in total. The number of phosphoric ester groups is 2. The first-order chi connectivity index (χ1) is 25.5. The van der Waals surface area contributed by atoms with Gasteiger partial charge in [0.25, 0.3) is 23.0 Å². The van der Waals surface area contributed by atoms with E-state index in [1.807, 2.05) is 0 Å². The van der Waals surface area contributed by atoms with Crippen LogP contribution in [0.1, 0.15) is 19.9 Å². The van der Waals surface area contributed by atoms with E-state index < -0.39 is 89.1 Å². The Morgan fingerprint density at radius 1 is 0.818 bits per heavy atom. The van der Waals surface area contributed by atoms with Crippen molar-refractivity contribution in [2.24, 2.45) is 7.05 Å². The molecule has 26 nitrogen and oxygen atoms in total. The minimum atomic E-state index is -4.66. The molecule has 2 aliphatic heterocycles. The van der Waals surface area contributed by atoms with Crippen molar-refractivity contribution < 1.29 is 76.0 Å². The van der Waals surface area contributed by atoms with Gasteiger partial charge < -0.3 is 51.2 Å². The highest BCUT2D eigenvalue weighted by atomic mass is 32.2. The minimum absolute atomic E-state index is 0. The fraction of sp³-hybridized carbons (Fsp3) is 0.615. The van der Waals surface area contributed by atoms with Crippen molar-refractivity contribution in [1.29, 1.82) is 0 Å². The highest BCUT2D eigenvalue weighted by molar-refractivity contribution is 7.99. The van der Waals surface area contributed by atoms with Crippen LogP contribution in [-0.4, -0.2) is 134 Å². The van der Waals surface area contributed by atoms with E-state index in [4.69, 9.17) is 39.0 Å². The number of thioether (sulfide) groups is 1. The summed E-state index contributed by atoms with van der Waals surface area (Å²) in [4.78, 5) is 60.0. The molecule has 2 saturated heterocycles. The summed E-state index contributed by atoms with van der Waals surface area (Å²) in [6.45, 7) is -1.92. The van der Waals surface area contributed by atoms with Gasteiger partial charge in [-0.05, 0) is 0 Å². The van der Waals surface area contributed by atoms with E-state index in [1.165, 1.54) is 26.4 Å². The molecule has 6 heterocycles. The van der Waals surface area contributed by atoms with Crippen molar-refractivity contribution in [3.63, 3.8) is 0 Å². The summed E-state index contributed by atoms with van der Waals surface area (Å²) < 4.78 is 59.8. The molecule has 0 aromatic carbocycles. The number of aryl methyl sites for hydroxylation is 1. The highest BCUT2D eigenvalue weighted by Crippen LogP contribution is 2.45. The first-order valence-electron chi connectivity index (χ1n) is 15.8. The number of rotatable bonds is 16. The number of H-pyrrole nitrogens is 3.